The second-order valence-corrected chi connectivity index (χ2v) is 4.99. The van der Waals surface area contributed by atoms with E-state index in [2.05, 4.69) is 6.07 Å². The number of halogens is 1. The Hall–Kier alpha value is -2.24. The van der Waals surface area contributed by atoms with Crippen molar-refractivity contribution in [1.29, 1.82) is 5.26 Å². The molecule has 0 aromatic heterocycles. The lowest BCUT2D eigenvalue weighted by atomic mass is 9.94. The molecule has 3 heteroatoms. The van der Waals surface area contributed by atoms with Crippen molar-refractivity contribution in [1.82, 2.24) is 0 Å². The van der Waals surface area contributed by atoms with E-state index in [9.17, 15) is 5.26 Å². The third kappa shape index (κ3) is 3.45. The summed E-state index contributed by atoms with van der Waals surface area (Å²) >= 11 is 5.93. The van der Waals surface area contributed by atoms with Gasteiger partial charge in [0.1, 0.15) is 11.8 Å². The van der Waals surface area contributed by atoms with Crippen LogP contribution in [0.4, 0.5) is 0 Å². The van der Waals surface area contributed by atoms with Crippen molar-refractivity contribution in [2.24, 2.45) is 0 Å². The molecule has 0 aliphatic rings. The summed E-state index contributed by atoms with van der Waals surface area (Å²) in [5.74, 6) is 0.778. The number of hydrogen-bond acceptors (Lipinski definition) is 2. The maximum absolute atomic E-state index is 9.56. The molecule has 0 aliphatic carbocycles. The van der Waals surface area contributed by atoms with E-state index in [0.29, 0.717) is 10.6 Å². The fraction of sp³-hybridized carbons (Fsp3) is 0.167. The fourth-order valence-corrected chi connectivity index (χ4v) is 2.37. The summed E-state index contributed by atoms with van der Waals surface area (Å²) in [5, 5.41) is 10.3. The molecule has 2 aromatic carbocycles. The first-order chi connectivity index (χ1) is 10.2. The summed E-state index contributed by atoms with van der Waals surface area (Å²) in [5.41, 5.74) is 3.61. The SMILES string of the molecule is CC/C(=C(/C#N)c1ccc(OC)cc1)c1ccc(Cl)cc1. The van der Waals surface area contributed by atoms with Crippen molar-refractivity contribution >= 4 is 22.7 Å². The predicted octanol–water partition coefficient (Wildman–Crippen LogP) is 5.19. The van der Waals surface area contributed by atoms with Gasteiger partial charge in [-0.3, -0.25) is 0 Å². The molecule has 0 amide bonds. The molecule has 0 saturated heterocycles. The van der Waals surface area contributed by atoms with E-state index >= 15 is 0 Å². The van der Waals surface area contributed by atoms with Gasteiger partial charge >= 0.3 is 0 Å². The highest BCUT2D eigenvalue weighted by Gasteiger charge is 2.10. The minimum Gasteiger partial charge on any atom is -0.497 e. The average molecular weight is 298 g/mol. The highest BCUT2D eigenvalue weighted by atomic mass is 35.5. The van der Waals surface area contributed by atoms with Crippen LogP contribution in [0, 0.1) is 11.3 Å². The molecule has 21 heavy (non-hydrogen) atoms. The highest BCUT2D eigenvalue weighted by Crippen LogP contribution is 2.30. The molecule has 0 atom stereocenters. The summed E-state index contributed by atoms with van der Waals surface area (Å²) in [6.07, 6.45) is 0.774. The summed E-state index contributed by atoms with van der Waals surface area (Å²) in [6, 6.07) is 17.4. The second kappa shape index (κ2) is 6.97. The van der Waals surface area contributed by atoms with Gasteiger partial charge in [-0.05, 0) is 59.5 Å². The lowest BCUT2D eigenvalue weighted by Crippen LogP contribution is -1.91. The zero-order chi connectivity index (χ0) is 15.2. The van der Waals surface area contributed by atoms with Crippen LogP contribution in [0.5, 0.6) is 5.75 Å². The summed E-state index contributed by atoms with van der Waals surface area (Å²) in [6.45, 7) is 2.05. The van der Waals surface area contributed by atoms with Gasteiger partial charge in [0.05, 0.1) is 12.7 Å². The van der Waals surface area contributed by atoms with Crippen LogP contribution < -0.4 is 4.74 Å². The van der Waals surface area contributed by atoms with E-state index < -0.39 is 0 Å². The van der Waals surface area contributed by atoms with Crippen molar-refractivity contribution in [3.05, 3.63) is 64.7 Å². The second-order valence-electron chi connectivity index (χ2n) is 4.55. The minimum absolute atomic E-state index is 0.683. The predicted molar refractivity (Wildman–Crippen MR) is 87.2 cm³/mol. The van der Waals surface area contributed by atoms with Crippen molar-refractivity contribution in [3.8, 4) is 11.8 Å². The van der Waals surface area contributed by atoms with Crippen LogP contribution in [0.1, 0.15) is 24.5 Å². The molecular weight excluding hydrogens is 282 g/mol. The Morgan fingerprint density at radius 2 is 1.62 bits per heavy atom. The van der Waals surface area contributed by atoms with Gasteiger partial charge in [-0.25, -0.2) is 0 Å². The molecule has 0 fully saturated rings. The number of rotatable bonds is 4. The molecule has 0 heterocycles. The van der Waals surface area contributed by atoms with Gasteiger partial charge in [0.15, 0.2) is 0 Å². The molecule has 0 N–H and O–H groups in total. The third-order valence-corrected chi connectivity index (χ3v) is 3.59. The topological polar surface area (TPSA) is 33.0 Å². The largest absolute Gasteiger partial charge is 0.497 e. The third-order valence-electron chi connectivity index (χ3n) is 3.34. The van der Waals surface area contributed by atoms with Crippen LogP contribution in [-0.2, 0) is 0 Å². The zero-order valence-electron chi connectivity index (χ0n) is 12.1. The van der Waals surface area contributed by atoms with Crippen LogP contribution in [0.15, 0.2) is 48.5 Å². The molecule has 106 valence electrons. The van der Waals surface area contributed by atoms with Gasteiger partial charge in [0, 0.05) is 5.02 Å². The Balaban J connectivity index is 2.52. The Bertz CT molecular complexity index is 679. The van der Waals surface area contributed by atoms with Crippen molar-refractivity contribution < 1.29 is 4.74 Å². The number of allylic oxidation sites excluding steroid dienone is 2. The quantitative estimate of drug-likeness (QED) is 0.574. The average Bonchev–Trinajstić information content (AvgIpc) is 2.54. The molecule has 0 spiro atoms. The molecule has 2 aromatic rings. The molecular formula is C18H16ClNO. The van der Waals surface area contributed by atoms with Crippen LogP contribution >= 0.6 is 11.6 Å². The molecule has 0 bridgehead atoms. The monoisotopic (exact) mass is 297 g/mol. The number of benzene rings is 2. The Labute approximate surface area is 130 Å². The first-order valence-electron chi connectivity index (χ1n) is 6.73. The first-order valence-corrected chi connectivity index (χ1v) is 7.11. The Morgan fingerprint density at radius 3 is 2.10 bits per heavy atom. The smallest absolute Gasteiger partial charge is 0.118 e. The lowest BCUT2D eigenvalue weighted by Gasteiger charge is -2.10. The van der Waals surface area contributed by atoms with Gasteiger partial charge in [-0.1, -0.05) is 30.7 Å². The lowest BCUT2D eigenvalue weighted by molar-refractivity contribution is 0.415. The van der Waals surface area contributed by atoms with Gasteiger partial charge in [-0.2, -0.15) is 5.26 Å². The normalized spacial score (nSPS) is 11.5. The Morgan fingerprint density at radius 1 is 1.05 bits per heavy atom. The van der Waals surface area contributed by atoms with E-state index in [4.69, 9.17) is 16.3 Å². The molecule has 0 unspecified atom stereocenters. The number of hydrogen-bond donors (Lipinski definition) is 0. The van der Waals surface area contributed by atoms with Gasteiger partial charge in [-0.15, -0.1) is 0 Å². The molecule has 0 saturated carbocycles. The molecule has 2 rings (SSSR count). The fourth-order valence-electron chi connectivity index (χ4n) is 2.24. The molecule has 0 aliphatic heterocycles. The van der Waals surface area contributed by atoms with E-state index in [1.165, 1.54) is 0 Å². The van der Waals surface area contributed by atoms with E-state index in [-0.39, 0.29) is 0 Å². The number of nitrogens with zero attached hydrogens (tertiary/aromatic N) is 1. The zero-order valence-corrected chi connectivity index (χ0v) is 12.8. The summed E-state index contributed by atoms with van der Waals surface area (Å²) < 4.78 is 5.15. The van der Waals surface area contributed by atoms with Crippen LogP contribution in [0.2, 0.25) is 5.02 Å². The van der Waals surface area contributed by atoms with Crippen molar-refractivity contribution in [3.63, 3.8) is 0 Å². The van der Waals surface area contributed by atoms with Crippen molar-refractivity contribution in [2.45, 2.75) is 13.3 Å². The summed E-state index contributed by atoms with van der Waals surface area (Å²) in [7, 11) is 1.63. The van der Waals surface area contributed by atoms with Crippen LogP contribution in [0.3, 0.4) is 0 Å². The van der Waals surface area contributed by atoms with Crippen LogP contribution in [-0.4, -0.2) is 7.11 Å². The maximum atomic E-state index is 9.56. The van der Waals surface area contributed by atoms with Crippen molar-refractivity contribution in [2.75, 3.05) is 7.11 Å². The summed E-state index contributed by atoms with van der Waals surface area (Å²) in [4.78, 5) is 0. The van der Waals surface area contributed by atoms with E-state index in [1.54, 1.807) is 7.11 Å². The molecule has 2 nitrogen and oxygen atoms in total. The van der Waals surface area contributed by atoms with E-state index in [0.717, 1.165) is 28.9 Å². The van der Waals surface area contributed by atoms with E-state index in [1.807, 2.05) is 55.5 Å². The van der Waals surface area contributed by atoms with Crippen LogP contribution in [0.25, 0.3) is 11.1 Å². The number of methoxy groups -OCH3 is 1. The van der Waals surface area contributed by atoms with Gasteiger partial charge < -0.3 is 4.74 Å². The van der Waals surface area contributed by atoms with Gasteiger partial charge in [0.25, 0.3) is 0 Å². The number of nitriles is 1. The number of ether oxygens (including phenoxy) is 1. The van der Waals surface area contributed by atoms with Gasteiger partial charge in [0.2, 0.25) is 0 Å². The first kappa shape index (κ1) is 15.2. The Kier molecular flexibility index (Phi) is 5.03. The standard InChI is InChI=1S/C18H16ClNO/c1-3-17(13-4-8-15(19)9-5-13)18(12-20)14-6-10-16(21-2)11-7-14/h4-11H,3H2,1-2H3/b18-17+. The minimum atomic E-state index is 0.683. The molecule has 0 radical (unpaired) electrons. The maximum Gasteiger partial charge on any atom is 0.118 e. The highest BCUT2D eigenvalue weighted by molar-refractivity contribution is 6.30.